The fourth-order valence-corrected chi connectivity index (χ4v) is 1.99. The van der Waals surface area contributed by atoms with E-state index in [4.69, 9.17) is 10.5 Å². The van der Waals surface area contributed by atoms with Crippen molar-refractivity contribution in [3.05, 3.63) is 0 Å². The van der Waals surface area contributed by atoms with Crippen molar-refractivity contribution in [2.24, 2.45) is 11.7 Å². The van der Waals surface area contributed by atoms with E-state index in [1.54, 1.807) is 4.90 Å². The van der Waals surface area contributed by atoms with Gasteiger partial charge in [-0.15, -0.1) is 0 Å². The predicted octanol–water partition coefficient (Wildman–Crippen LogP) is -1.69. The molecule has 0 bridgehead atoms. The lowest BCUT2D eigenvalue weighted by molar-refractivity contribution is -0.148. The zero-order valence-corrected chi connectivity index (χ0v) is 9.15. The Balaban J connectivity index is 1.93. The van der Waals surface area contributed by atoms with Gasteiger partial charge in [-0.3, -0.25) is 9.59 Å². The fraction of sp³-hybridized carbons (Fsp3) is 0.800. The van der Waals surface area contributed by atoms with E-state index in [0.29, 0.717) is 25.5 Å². The minimum atomic E-state index is -0.589. The molecule has 2 saturated heterocycles. The van der Waals surface area contributed by atoms with Crippen LogP contribution in [0, 0.1) is 5.92 Å². The molecule has 6 heteroatoms. The van der Waals surface area contributed by atoms with Crippen LogP contribution >= 0.6 is 0 Å². The first-order chi connectivity index (χ1) is 7.68. The van der Waals surface area contributed by atoms with Crippen molar-refractivity contribution in [1.29, 1.82) is 0 Å². The second kappa shape index (κ2) is 4.80. The lowest BCUT2D eigenvalue weighted by Crippen LogP contribution is -2.56. The average molecular weight is 227 g/mol. The quantitative estimate of drug-likeness (QED) is 0.602. The van der Waals surface area contributed by atoms with Crippen molar-refractivity contribution >= 4 is 11.8 Å². The Hall–Kier alpha value is -1.14. The van der Waals surface area contributed by atoms with Crippen LogP contribution in [0.25, 0.3) is 0 Å². The molecule has 0 radical (unpaired) electrons. The Morgan fingerprint density at radius 1 is 1.44 bits per heavy atom. The smallest absolute Gasteiger partial charge is 0.242 e. The van der Waals surface area contributed by atoms with Crippen LogP contribution < -0.4 is 11.1 Å². The largest absolute Gasteiger partial charge is 0.377 e. The van der Waals surface area contributed by atoms with E-state index in [1.807, 2.05) is 0 Å². The first kappa shape index (κ1) is 11.3. The number of nitrogens with one attached hydrogen (secondary N) is 1. The summed E-state index contributed by atoms with van der Waals surface area (Å²) in [6.07, 6.45) is 0.497. The van der Waals surface area contributed by atoms with Gasteiger partial charge in [0.15, 0.2) is 0 Å². The van der Waals surface area contributed by atoms with Crippen LogP contribution in [-0.2, 0) is 14.3 Å². The van der Waals surface area contributed by atoms with Crippen molar-refractivity contribution in [3.63, 3.8) is 0 Å². The molecule has 0 saturated carbocycles. The van der Waals surface area contributed by atoms with Gasteiger partial charge in [0.1, 0.15) is 6.04 Å². The third-order valence-corrected chi connectivity index (χ3v) is 3.11. The van der Waals surface area contributed by atoms with Gasteiger partial charge in [0.05, 0.1) is 13.2 Å². The molecule has 0 aromatic rings. The van der Waals surface area contributed by atoms with E-state index in [0.717, 1.165) is 13.1 Å². The molecule has 0 aliphatic carbocycles. The molecule has 1 atom stereocenters. The van der Waals surface area contributed by atoms with Crippen LogP contribution in [0.4, 0.5) is 0 Å². The number of rotatable bonds is 3. The molecule has 0 aromatic heterocycles. The van der Waals surface area contributed by atoms with Crippen LogP contribution in [0.3, 0.4) is 0 Å². The minimum Gasteiger partial charge on any atom is -0.377 e. The van der Waals surface area contributed by atoms with Gasteiger partial charge in [-0.2, -0.15) is 0 Å². The SMILES string of the molecule is NC(=O)C1COCCN1C(=O)CC1CNC1. The highest BCUT2D eigenvalue weighted by Gasteiger charge is 2.33. The maximum Gasteiger partial charge on any atom is 0.242 e. The van der Waals surface area contributed by atoms with Crippen molar-refractivity contribution in [2.75, 3.05) is 32.8 Å². The summed E-state index contributed by atoms with van der Waals surface area (Å²) in [6, 6.07) is -0.589. The molecule has 3 N–H and O–H groups in total. The third kappa shape index (κ3) is 2.33. The van der Waals surface area contributed by atoms with Crippen LogP contribution in [0.5, 0.6) is 0 Å². The fourth-order valence-electron chi connectivity index (χ4n) is 1.99. The summed E-state index contributed by atoms with van der Waals surface area (Å²) in [6.45, 7) is 2.95. The van der Waals surface area contributed by atoms with E-state index >= 15 is 0 Å². The molecule has 2 heterocycles. The minimum absolute atomic E-state index is 0.0126. The number of primary amides is 1. The van der Waals surface area contributed by atoms with Gasteiger partial charge in [-0.1, -0.05) is 0 Å². The maximum absolute atomic E-state index is 12.0. The molecular weight excluding hydrogens is 210 g/mol. The van der Waals surface area contributed by atoms with Crippen molar-refractivity contribution < 1.29 is 14.3 Å². The molecule has 2 fully saturated rings. The second-order valence-corrected chi connectivity index (χ2v) is 4.31. The summed E-state index contributed by atoms with van der Waals surface area (Å²) < 4.78 is 5.16. The molecular formula is C10H17N3O3. The Morgan fingerprint density at radius 3 is 2.75 bits per heavy atom. The summed E-state index contributed by atoms with van der Waals surface area (Å²) in [4.78, 5) is 24.7. The second-order valence-electron chi connectivity index (χ2n) is 4.31. The van der Waals surface area contributed by atoms with E-state index in [-0.39, 0.29) is 12.5 Å². The van der Waals surface area contributed by atoms with Crippen molar-refractivity contribution in [3.8, 4) is 0 Å². The van der Waals surface area contributed by atoms with Crippen LogP contribution in [0.15, 0.2) is 0 Å². The topological polar surface area (TPSA) is 84.7 Å². The lowest BCUT2D eigenvalue weighted by atomic mass is 9.98. The summed E-state index contributed by atoms with van der Waals surface area (Å²) in [5.41, 5.74) is 5.25. The average Bonchev–Trinajstić information content (AvgIpc) is 2.23. The Labute approximate surface area is 94.1 Å². The van der Waals surface area contributed by atoms with Crippen LogP contribution in [0.1, 0.15) is 6.42 Å². The molecule has 2 aliphatic rings. The molecule has 2 aliphatic heterocycles. The zero-order valence-electron chi connectivity index (χ0n) is 9.15. The third-order valence-electron chi connectivity index (χ3n) is 3.11. The van der Waals surface area contributed by atoms with Gasteiger partial charge in [0, 0.05) is 13.0 Å². The molecule has 2 rings (SSSR count). The van der Waals surface area contributed by atoms with Gasteiger partial charge in [-0.05, 0) is 19.0 Å². The molecule has 6 nitrogen and oxygen atoms in total. The Morgan fingerprint density at radius 2 is 2.19 bits per heavy atom. The standard InChI is InChI=1S/C10H17N3O3/c11-10(15)8-6-16-2-1-13(8)9(14)3-7-4-12-5-7/h7-8,12H,1-6H2,(H2,11,15). The van der Waals surface area contributed by atoms with E-state index in [1.165, 1.54) is 0 Å². The molecule has 2 amide bonds. The number of hydrogen-bond donors (Lipinski definition) is 2. The number of hydrogen-bond acceptors (Lipinski definition) is 4. The van der Waals surface area contributed by atoms with Gasteiger partial charge in [0.2, 0.25) is 11.8 Å². The highest BCUT2D eigenvalue weighted by atomic mass is 16.5. The van der Waals surface area contributed by atoms with Crippen LogP contribution in [0.2, 0.25) is 0 Å². The summed E-state index contributed by atoms with van der Waals surface area (Å²) in [5.74, 6) is -0.0674. The number of nitrogens with zero attached hydrogens (tertiary/aromatic N) is 1. The number of carbonyl (C=O) groups excluding carboxylic acids is 2. The first-order valence-electron chi connectivity index (χ1n) is 5.55. The first-order valence-corrected chi connectivity index (χ1v) is 5.55. The van der Waals surface area contributed by atoms with Gasteiger partial charge in [0.25, 0.3) is 0 Å². The highest BCUT2D eigenvalue weighted by Crippen LogP contribution is 2.14. The zero-order chi connectivity index (χ0) is 11.5. The normalized spacial score (nSPS) is 26.2. The molecule has 1 unspecified atom stereocenters. The molecule has 16 heavy (non-hydrogen) atoms. The van der Waals surface area contributed by atoms with Gasteiger partial charge in [-0.25, -0.2) is 0 Å². The number of nitrogens with two attached hydrogens (primary N) is 1. The van der Waals surface area contributed by atoms with E-state index < -0.39 is 11.9 Å². The number of carbonyl (C=O) groups is 2. The molecule has 90 valence electrons. The highest BCUT2D eigenvalue weighted by molar-refractivity contribution is 5.87. The summed E-state index contributed by atoms with van der Waals surface area (Å²) >= 11 is 0. The molecule has 0 aromatic carbocycles. The lowest BCUT2D eigenvalue weighted by Gasteiger charge is -2.36. The predicted molar refractivity (Wildman–Crippen MR) is 56.5 cm³/mol. The van der Waals surface area contributed by atoms with Crippen LogP contribution in [-0.4, -0.2) is 55.6 Å². The Kier molecular flexibility index (Phi) is 3.40. The number of ether oxygens (including phenoxy) is 1. The Bertz CT molecular complexity index is 291. The van der Waals surface area contributed by atoms with E-state index in [2.05, 4.69) is 5.32 Å². The number of amides is 2. The van der Waals surface area contributed by atoms with Gasteiger partial charge < -0.3 is 20.7 Å². The molecule has 0 spiro atoms. The monoisotopic (exact) mass is 227 g/mol. The summed E-state index contributed by atoms with van der Waals surface area (Å²) in [7, 11) is 0. The van der Waals surface area contributed by atoms with E-state index in [9.17, 15) is 9.59 Å². The van der Waals surface area contributed by atoms with Gasteiger partial charge >= 0.3 is 0 Å². The van der Waals surface area contributed by atoms with Crippen molar-refractivity contribution in [2.45, 2.75) is 12.5 Å². The van der Waals surface area contributed by atoms with Crippen molar-refractivity contribution in [1.82, 2.24) is 10.2 Å². The number of morpholine rings is 1. The summed E-state index contributed by atoms with van der Waals surface area (Å²) in [5, 5.41) is 3.12. The maximum atomic E-state index is 12.0.